The van der Waals surface area contributed by atoms with Gasteiger partial charge in [0, 0.05) is 0 Å². The van der Waals surface area contributed by atoms with Crippen molar-refractivity contribution in [1.29, 1.82) is 0 Å². The van der Waals surface area contributed by atoms with Crippen LogP contribution in [0.15, 0.2) is 0 Å². The van der Waals surface area contributed by atoms with E-state index in [2.05, 4.69) is 0 Å². The van der Waals surface area contributed by atoms with Gasteiger partial charge >= 0.3 is 0 Å². The average Bonchev–Trinajstić information content (AvgIpc) is 2.16. The van der Waals surface area contributed by atoms with Crippen molar-refractivity contribution in [2.75, 3.05) is 0 Å². The van der Waals surface area contributed by atoms with Crippen molar-refractivity contribution in [1.82, 2.24) is 0 Å². The predicted octanol–water partition coefficient (Wildman–Crippen LogP) is 2.09. The van der Waals surface area contributed by atoms with Gasteiger partial charge in [-0.25, -0.2) is 0 Å². The molecule has 0 heterocycles. The van der Waals surface area contributed by atoms with Gasteiger partial charge in [0.15, 0.2) is 0 Å². The maximum atomic E-state index is 10.7. The molecule has 18 heavy (non-hydrogen) atoms. The number of hydrogen-bond donors (Lipinski definition) is 3. The minimum absolute atomic E-state index is 0.0540. The lowest BCUT2D eigenvalue weighted by Gasteiger charge is -2.55. The van der Waals surface area contributed by atoms with Crippen LogP contribution in [-0.4, -0.2) is 32.1 Å². The quantitative estimate of drug-likeness (QED) is 0.673. The molecule has 0 saturated heterocycles. The lowest BCUT2D eigenvalue weighted by atomic mass is 9.54. The molecule has 2 rings (SSSR count). The zero-order chi connectivity index (χ0) is 13.8. The van der Waals surface area contributed by atoms with E-state index in [0.29, 0.717) is 6.42 Å². The van der Waals surface area contributed by atoms with Crippen LogP contribution in [-0.2, 0) is 0 Å². The first-order valence-electron chi connectivity index (χ1n) is 7.21. The molecule has 0 aromatic carbocycles. The molecule has 3 nitrogen and oxygen atoms in total. The van der Waals surface area contributed by atoms with Gasteiger partial charge in [0.25, 0.3) is 0 Å². The third kappa shape index (κ3) is 2.45. The molecule has 0 aromatic rings. The second kappa shape index (κ2) is 4.19. The summed E-state index contributed by atoms with van der Waals surface area (Å²) >= 11 is 0. The van der Waals surface area contributed by atoms with E-state index in [1.807, 2.05) is 27.7 Å². The molecule has 5 atom stereocenters. The highest BCUT2D eigenvalue weighted by Gasteiger charge is 2.54. The Morgan fingerprint density at radius 1 is 1.06 bits per heavy atom. The molecule has 3 N–H and O–H groups in total. The fourth-order valence-electron chi connectivity index (χ4n) is 4.24. The summed E-state index contributed by atoms with van der Waals surface area (Å²) in [5, 5.41) is 31.5. The molecule has 3 heteroatoms. The largest absolute Gasteiger partial charge is 0.390 e. The van der Waals surface area contributed by atoms with Crippen LogP contribution < -0.4 is 0 Å². The van der Waals surface area contributed by atoms with E-state index in [4.69, 9.17) is 0 Å². The maximum absolute atomic E-state index is 10.7. The van der Waals surface area contributed by atoms with Crippen molar-refractivity contribution >= 4 is 0 Å². The minimum atomic E-state index is -0.789. The third-order valence-corrected chi connectivity index (χ3v) is 5.48. The first-order chi connectivity index (χ1) is 8.04. The van der Waals surface area contributed by atoms with Gasteiger partial charge in [-0.3, -0.25) is 0 Å². The van der Waals surface area contributed by atoms with Gasteiger partial charge in [-0.2, -0.15) is 0 Å². The molecule has 0 spiro atoms. The summed E-state index contributed by atoms with van der Waals surface area (Å²) in [7, 11) is 0. The van der Waals surface area contributed by atoms with Gasteiger partial charge in [0.1, 0.15) is 0 Å². The van der Waals surface area contributed by atoms with Crippen molar-refractivity contribution in [2.24, 2.45) is 17.8 Å². The Kier molecular flexibility index (Phi) is 3.33. The van der Waals surface area contributed by atoms with E-state index in [-0.39, 0.29) is 17.8 Å². The first kappa shape index (κ1) is 14.3. The van der Waals surface area contributed by atoms with Crippen LogP contribution in [0.25, 0.3) is 0 Å². The third-order valence-electron chi connectivity index (χ3n) is 5.48. The summed E-state index contributed by atoms with van der Waals surface area (Å²) in [6.07, 6.45) is 4.23. The molecule has 0 amide bonds. The summed E-state index contributed by atoms with van der Waals surface area (Å²) in [5.74, 6) is 0.324. The fourth-order valence-corrected chi connectivity index (χ4v) is 4.24. The van der Waals surface area contributed by atoms with Crippen LogP contribution in [0.2, 0.25) is 0 Å². The Labute approximate surface area is 110 Å². The van der Waals surface area contributed by atoms with Crippen molar-refractivity contribution in [3.63, 3.8) is 0 Å². The van der Waals surface area contributed by atoms with Crippen molar-refractivity contribution in [3.8, 4) is 0 Å². The highest BCUT2D eigenvalue weighted by Crippen LogP contribution is 2.53. The minimum Gasteiger partial charge on any atom is -0.390 e. The SMILES string of the molecule is CC(C)(O)C1CC2C(CCCC2(C)O)C(C)(O)C1. The molecule has 0 aliphatic heterocycles. The van der Waals surface area contributed by atoms with E-state index in [9.17, 15) is 15.3 Å². The van der Waals surface area contributed by atoms with Crippen molar-refractivity contribution in [3.05, 3.63) is 0 Å². The molecule has 2 saturated carbocycles. The second-order valence-electron chi connectivity index (χ2n) is 7.61. The van der Waals surface area contributed by atoms with Gasteiger partial charge in [-0.05, 0) is 71.1 Å². The lowest BCUT2D eigenvalue weighted by molar-refractivity contribution is -0.182. The summed E-state index contributed by atoms with van der Waals surface area (Å²) in [6, 6.07) is 0. The normalized spacial score (nSPS) is 49.8. The topological polar surface area (TPSA) is 60.7 Å². The first-order valence-corrected chi connectivity index (χ1v) is 7.21. The van der Waals surface area contributed by atoms with E-state index >= 15 is 0 Å². The Morgan fingerprint density at radius 2 is 1.67 bits per heavy atom. The summed E-state index contributed by atoms with van der Waals surface area (Å²) in [4.78, 5) is 0. The Balaban J connectivity index is 2.29. The van der Waals surface area contributed by atoms with E-state index in [1.165, 1.54) is 0 Å². The zero-order valence-corrected chi connectivity index (χ0v) is 12.1. The van der Waals surface area contributed by atoms with Gasteiger partial charge < -0.3 is 15.3 Å². The van der Waals surface area contributed by atoms with Crippen LogP contribution in [0.4, 0.5) is 0 Å². The number of aliphatic hydroxyl groups is 3. The summed E-state index contributed by atoms with van der Waals surface area (Å²) in [6.45, 7) is 7.40. The monoisotopic (exact) mass is 256 g/mol. The van der Waals surface area contributed by atoms with Crippen LogP contribution in [0, 0.1) is 17.8 Å². The molecular formula is C15H28O3. The summed E-state index contributed by atoms with van der Waals surface area (Å²) < 4.78 is 0. The smallest absolute Gasteiger partial charge is 0.0655 e. The van der Waals surface area contributed by atoms with Crippen molar-refractivity contribution in [2.45, 2.75) is 76.6 Å². The lowest BCUT2D eigenvalue weighted by Crippen LogP contribution is -2.58. The van der Waals surface area contributed by atoms with Crippen LogP contribution in [0.5, 0.6) is 0 Å². The van der Waals surface area contributed by atoms with Gasteiger partial charge in [-0.1, -0.05) is 6.42 Å². The molecule has 2 fully saturated rings. The average molecular weight is 256 g/mol. The van der Waals surface area contributed by atoms with Crippen LogP contribution in [0.1, 0.15) is 59.8 Å². The zero-order valence-electron chi connectivity index (χ0n) is 12.1. The molecule has 106 valence electrons. The Hall–Kier alpha value is -0.120. The van der Waals surface area contributed by atoms with E-state index in [1.54, 1.807) is 0 Å². The molecule has 0 bridgehead atoms. The molecule has 0 radical (unpaired) electrons. The van der Waals surface area contributed by atoms with E-state index in [0.717, 1.165) is 25.7 Å². The van der Waals surface area contributed by atoms with Crippen LogP contribution in [0.3, 0.4) is 0 Å². The number of hydrogen-bond acceptors (Lipinski definition) is 3. The van der Waals surface area contributed by atoms with Gasteiger partial charge in [0.05, 0.1) is 16.8 Å². The fraction of sp³-hybridized carbons (Fsp3) is 1.00. The molecular weight excluding hydrogens is 228 g/mol. The maximum Gasteiger partial charge on any atom is 0.0655 e. The molecule has 0 aromatic heterocycles. The Bertz CT molecular complexity index is 314. The Morgan fingerprint density at radius 3 is 2.22 bits per heavy atom. The summed E-state index contributed by atoms with van der Waals surface area (Å²) in [5.41, 5.74) is -2.25. The standard InChI is InChI=1S/C15H28O3/c1-13(2,16)10-8-12-11(15(4,18)9-10)6-5-7-14(12,3)17/h10-12,16-18H,5-9H2,1-4H3. The number of rotatable bonds is 1. The van der Waals surface area contributed by atoms with Crippen LogP contribution >= 0.6 is 0 Å². The molecule has 2 aliphatic rings. The second-order valence-corrected chi connectivity index (χ2v) is 7.61. The van der Waals surface area contributed by atoms with Gasteiger partial charge in [0.2, 0.25) is 0 Å². The highest BCUT2D eigenvalue weighted by atomic mass is 16.3. The molecule has 2 aliphatic carbocycles. The van der Waals surface area contributed by atoms with Crippen molar-refractivity contribution < 1.29 is 15.3 Å². The molecule has 5 unspecified atom stereocenters. The number of fused-ring (bicyclic) bond motifs is 1. The highest BCUT2D eigenvalue weighted by molar-refractivity contribution is 5.05. The van der Waals surface area contributed by atoms with Gasteiger partial charge in [-0.15, -0.1) is 0 Å². The predicted molar refractivity (Wildman–Crippen MR) is 71.1 cm³/mol. The van der Waals surface area contributed by atoms with E-state index < -0.39 is 16.8 Å².